The predicted octanol–water partition coefficient (Wildman–Crippen LogP) is 3.45. The standard InChI is InChI=1S/C18H24N2O/c1-13-9-10-17(14(2)11-13)20(3)12-16(19)15-7-5-6-8-18(15)21-4/h5-11,16H,12,19H2,1-4H3. The van der Waals surface area contributed by atoms with Gasteiger partial charge in [0.25, 0.3) is 0 Å². The number of rotatable bonds is 5. The number of anilines is 1. The van der Waals surface area contributed by atoms with Crippen molar-refractivity contribution in [2.24, 2.45) is 5.73 Å². The van der Waals surface area contributed by atoms with Gasteiger partial charge in [-0.15, -0.1) is 0 Å². The number of nitrogens with zero attached hydrogens (tertiary/aromatic N) is 1. The van der Waals surface area contributed by atoms with Crippen LogP contribution in [0.25, 0.3) is 0 Å². The summed E-state index contributed by atoms with van der Waals surface area (Å²) in [6.07, 6.45) is 0. The maximum Gasteiger partial charge on any atom is 0.123 e. The Kier molecular flexibility index (Phi) is 4.86. The Labute approximate surface area is 127 Å². The molecule has 0 saturated heterocycles. The number of hydrogen-bond donors (Lipinski definition) is 1. The highest BCUT2D eigenvalue weighted by Crippen LogP contribution is 2.26. The Morgan fingerprint density at radius 2 is 1.86 bits per heavy atom. The first-order valence-electron chi connectivity index (χ1n) is 7.20. The Balaban J connectivity index is 2.16. The van der Waals surface area contributed by atoms with Crippen molar-refractivity contribution in [3.8, 4) is 5.75 Å². The molecule has 0 heterocycles. The van der Waals surface area contributed by atoms with E-state index in [0.717, 1.165) is 17.9 Å². The summed E-state index contributed by atoms with van der Waals surface area (Å²) >= 11 is 0. The van der Waals surface area contributed by atoms with Gasteiger partial charge in [-0.2, -0.15) is 0 Å². The molecule has 2 N–H and O–H groups in total. The van der Waals surface area contributed by atoms with Crippen LogP contribution < -0.4 is 15.4 Å². The summed E-state index contributed by atoms with van der Waals surface area (Å²) in [6.45, 7) is 4.98. The largest absolute Gasteiger partial charge is 0.496 e. The van der Waals surface area contributed by atoms with Crippen molar-refractivity contribution in [1.82, 2.24) is 0 Å². The number of para-hydroxylation sites is 1. The topological polar surface area (TPSA) is 38.5 Å². The lowest BCUT2D eigenvalue weighted by Gasteiger charge is -2.26. The van der Waals surface area contributed by atoms with Crippen LogP contribution in [0.5, 0.6) is 5.75 Å². The van der Waals surface area contributed by atoms with Crippen molar-refractivity contribution in [1.29, 1.82) is 0 Å². The van der Waals surface area contributed by atoms with E-state index in [4.69, 9.17) is 10.5 Å². The molecule has 0 aliphatic heterocycles. The van der Waals surface area contributed by atoms with Crippen LogP contribution in [0.4, 0.5) is 5.69 Å². The molecule has 21 heavy (non-hydrogen) atoms. The smallest absolute Gasteiger partial charge is 0.123 e. The first kappa shape index (κ1) is 15.4. The van der Waals surface area contributed by atoms with E-state index >= 15 is 0 Å². The molecule has 0 radical (unpaired) electrons. The maximum atomic E-state index is 6.37. The van der Waals surface area contributed by atoms with Gasteiger partial charge in [-0.1, -0.05) is 35.9 Å². The second-order valence-electron chi connectivity index (χ2n) is 5.52. The Bertz CT molecular complexity index is 610. The fourth-order valence-electron chi connectivity index (χ4n) is 2.70. The molecule has 0 bridgehead atoms. The Morgan fingerprint density at radius 3 is 2.52 bits per heavy atom. The molecule has 2 rings (SSSR count). The van der Waals surface area contributed by atoms with Gasteiger partial charge in [0, 0.05) is 24.8 Å². The molecule has 0 spiro atoms. The van der Waals surface area contributed by atoms with Gasteiger partial charge >= 0.3 is 0 Å². The van der Waals surface area contributed by atoms with Crippen molar-refractivity contribution in [3.63, 3.8) is 0 Å². The zero-order valence-electron chi connectivity index (χ0n) is 13.3. The molecular formula is C18H24N2O. The van der Waals surface area contributed by atoms with E-state index in [-0.39, 0.29) is 6.04 Å². The van der Waals surface area contributed by atoms with Crippen LogP contribution >= 0.6 is 0 Å². The van der Waals surface area contributed by atoms with E-state index in [9.17, 15) is 0 Å². The highest BCUT2D eigenvalue weighted by atomic mass is 16.5. The summed E-state index contributed by atoms with van der Waals surface area (Å²) in [5, 5.41) is 0. The molecule has 0 aliphatic rings. The van der Waals surface area contributed by atoms with Gasteiger partial charge in [0.1, 0.15) is 5.75 Å². The minimum atomic E-state index is -0.0909. The first-order valence-corrected chi connectivity index (χ1v) is 7.20. The molecule has 0 aromatic heterocycles. The summed E-state index contributed by atoms with van der Waals surface area (Å²) in [5.74, 6) is 0.846. The number of likely N-dealkylation sites (N-methyl/N-ethyl adjacent to an activating group) is 1. The fourth-order valence-corrected chi connectivity index (χ4v) is 2.70. The first-order chi connectivity index (χ1) is 10.0. The van der Waals surface area contributed by atoms with Crippen LogP contribution in [-0.2, 0) is 0 Å². The van der Waals surface area contributed by atoms with Crippen LogP contribution in [-0.4, -0.2) is 20.7 Å². The zero-order chi connectivity index (χ0) is 15.4. The van der Waals surface area contributed by atoms with Gasteiger partial charge in [0.05, 0.1) is 13.2 Å². The quantitative estimate of drug-likeness (QED) is 0.914. The number of ether oxygens (including phenoxy) is 1. The summed E-state index contributed by atoms with van der Waals surface area (Å²) in [6, 6.07) is 14.3. The van der Waals surface area contributed by atoms with Crippen molar-refractivity contribution in [2.45, 2.75) is 19.9 Å². The van der Waals surface area contributed by atoms with E-state index in [0.29, 0.717) is 0 Å². The molecule has 0 aliphatic carbocycles. The van der Waals surface area contributed by atoms with Crippen LogP contribution in [0.1, 0.15) is 22.7 Å². The molecular weight excluding hydrogens is 260 g/mol. The van der Waals surface area contributed by atoms with E-state index < -0.39 is 0 Å². The second-order valence-corrected chi connectivity index (χ2v) is 5.52. The molecule has 2 aromatic carbocycles. The SMILES string of the molecule is COc1ccccc1C(N)CN(C)c1ccc(C)cc1C. The van der Waals surface area contributed by atoms with Crippen LogP contribution in [0.2, 0.25) is 0 Å². The van der Waals surface area contributed by atoms with Gasteiger partial charge in [-0.05, 0) is 31.5 Å². The fraction of sp³-hybridized carbons (Fsp3) is 0.333. The second kappa shape index (κ2) is 6.64. The highest BCUT2D eigenvalue weighted by molar-refractivity contribution is 5.54. The molecule has 1 atom stereocenters. The zero-order valence-corrected chi connectivity index (χ0v) is 13.3. The molecule has 3 heteroatoms. The number of nitrogens with two attached hydrogens (primary N) is 1. The number of aryl methyl sites for hydroxylation is 2. The van der Waals surface area contributed by atoms with Gasteiger partial charge in [0.2, 0.25) is 0 Å². The van der Waals surface area contributed by atoms with Gasteiger partial charge in [0.15, 0.2) is 0 Å². The van der Waals surface area contributed by atoms with Crippen molar-refractivity contribution in [3.05, 3.63) is 59.2 Å². The minimum Gasteiger partial charge on any atom is -0.496 e. The third-order valence-electron chi connectivity index (χ3n) is 3.77. The predicted molar refractivity (Wildman–Crippen MR) is 89.1 cm³/mol. The average Bonchev–Trinajstić information content (AvgIpc) is 2.46. The lowest BCUT2D eigenvalue weighted by molar-refractivity contribution is 0.405. The third kappa shape index (κ3) is 3.56. The maximum absolute atomic E-state index is 6.37. The van der Waals surface area contributed by atoms with E-state index in [2.05, 4.69) is 44.0 Å². The molecule has 0 fully saturated rings. The van der Waals surface area contributed by atoms with E-state index in [1.807, 2.05) is 24.3 Å². The normalized spacial score (nSPS) is 12.0. The lowest BCUT2D eigenvalue weighted by atomic mass is 10.0. The van der Waals surface area contributed by atoms with Crippen LogP contribution in [0.3, 0.4) is 0 Å². The number of hydrogen-bond acceptors (Lipinski definition) is 3. The van der Waals surface area contributed by atoms with Crippen molar-refractivity contribution in [2.75, 3.05) is 25.6 Å². The van der Waals surface area contributed by atoms with Gasteiger partial charge in [-0.25, -0.2) is 0 Å². The summed E-state index contributed by atoms with van der Waals surface area (Å²) in [5.41, 5.74) is 11.2. The highest BCUT2D eigenvalue weighted by Gasteiger charge is 2.14. The van der Waals surface area contributed by atoms with Gasteiger partial charge in [-0.3, -0.25) is 0 Å². The van der Waals surface area contributed by atoms with E-state index in [1.54, 1.807) is 7.11 Å². The van der Waals surface area contributed by atoms with Crippen molar-refractivity contribution >= 4 is 5.69 Å². The van der Waals surface area contributed by atoms with Gasteiger partial charge < -0.3 is 15.4 Å². The number of methoxy groups -OCH3 is 1. The van der Waals surface area contributed by atoms with Crippen molar-refractivity contribution < 1.29 is 4.74 Å². The number of benzene rings is 2. The molecule has 2 aromatic rings. The molecule has 3 nitrogen and oxygen atoms in total. The monoisotopic (exact) mass is 284 g/mol. The Hall–Kier alpha value is -2.00. The molecule has 1 unspecified atom stereocenters. The summed E-state index contributed by atoms with van der Waals surface area (Å²) in [4.78, 5) is 2.20. The summed E-state index contributed by atoms with van der Waals surface area (Å²) in [7, 11) is 3.76. The van der Waals surface area contributed by atoms with Crippen LogP contribution in [0.15, 0.2) is 42.5 Å². The Morgan fingerprint density at radius 1 is 1.14 bits per heavy atom. The van der Waals surface area contributed by atoms with Crippen LogP contribution in [0, 0.1) is 13.8 Å². The van der Waals surface area contributed by atoms with E-state index in [1.165, 1.54) is 16.8 Å². The third-order valence-corrected chi connectivity index (χ3v) is 3.77. The molecule has 0 saturated carbocycles. The summed E-state index contributed by atoms with van der Waals surface area (Å²) < 4.78 is 5.39. The average molecular weight is 284 g/mol. The minimum absolute atomic E-state index is 0.0909. The lowest BCUT2D eigenvalue weighted by Crippen LogP contribution is -2.29. The molecule has 112 valence electrons. The molecule has 0 amide bonds.